The summed E-state index contributed by atoms with van der Waals surface area (Å²) in [5, 5.41) is 3.38. The van der Waals surface area contributed by atoms with Gasteiger partial charge in [-0.3, -0.25) is 4.79 Å². The number of nitrogens with one attached hydrogen (secondary N) is 1. The van der Waals surface area contributed by atoms with Crippen molar-refractivity contribution in [1.82, 2.24) is 10.2 Å². The van der Waals surface area contributed by atoms with Gasteiger partial charge in [-0.25, -0.2) is 0 Å². The highest BCUT2D eigenvalue weighted by Gasteiger charge is 2.37. The molecule has 3 atom stereocenters. The molecule has 2 fully saturated rings. The minimum Gasteiger partial charge on any atom is -0.338 e. The van der Waals surface area contributed by atoms with Gasteiger partial charge in [0.15, 0.2) is 0 Å². The Bertz CT molecular complexity index is 459. The molecular formula is C17H25ClN2O. The average Bonchev–Trinajstić information content (AvgIpc) is 2.90. The van der Waals surface area contributed by atoms with E-state index in [-0.39, 0.29) is 18.4 Å². The number of hydrogen-bond acceptors (Lipinski definition) is 2. The summed E-state index contributed by atoms with van der Waals surface area (Å²) in [4.78, 5) is 14.7. The van der Waals surface area contributed by atoms with E-state index < -0.39 is 0 Å². The lowest BCUT2D eigenvalue weighted by Gasteiger charge is -2.31. The van der Waals surface area contributed by atoms with E-state index in [1.54, 1.807) is 0 Å². The summed E-state index contributed by atoms with van der Waals surface area (Å²) in [6.45, 7) is 4.09. The van der Waals surface area contributed by atoms with Crippen molar-refractivity contribution in [2.45, 2.75) is 50.6 Å². The third-order valence-corrected chi connectivity index (χ3v) is 4.87. The SMILES string of the molecule is CC1C(c2ccccc2)CCN1C(=O)C1CCCCN1.Cl. The van der Waals surface area contributed by atoms with E-state index >= 15 is 0 Å². The summed E-state index contributed by atoms with van der Waals surface area (Å²) in [5.74, 6) is 0.805. The van der Waals surface area contributed by atoms with Crippen LogP contribution in [-0.2, 0) is 4.79 Å². The lowest BCUT2D eigenvalue weighted by molar-refractivity contribution is -0.134. The van der Waals surface area contributed by atoms with Gasteiger partial charge in [0.2, 0.25) is 5.91 Å². The number of halogens is 1. The summed E-state index contributed by atoms with van der Waals surface area (Å²) in [7, 11) is 0. The second-order valence-corrected chi connectivity index (χ2v) is 6.08. The maximum absolute atomic E-state index is 12.7. The Morgan fingerprint density at radius 2 is 1.95 bits per heavy atom. The predicted molar refractivity (Wildman–Crippen MR) is 87.9 cm³/mol. The molecule has 4 heteroatoms. The van der Waals surface area contributed by atoms with Crippen molar-refractivity contribution in [1.29, 1.82) is 0 Å². The molecule has 1 aromatic rings. The average molecular weight is 309 g/mol. The smallest absolute Gasteiger partial charge is 0.239 e. The fourth-order valence-corrected chi connectivity index (χ4v) is 3.66. The van der Waals surface area contributed by atoms with Gasteiger partial charge >= 0.3 is 0 Å². The number of hydrogen-bond donors (Lipinski definition) is 1. The standard InChI is InChI=1S/C17H24N2O.ClH/c1-13-15(14-7-3-2-4-8-14)10-12-19(13)17(20)16-9-5-6-11-18-16;/h2-4,7-8,13,15-16,18H,5-6,9-12H2,1H3;1H. The van der Waals surface area contributed by atoms with Crippen molar-refractivity contribution in [3.05, 3.63) is 35.9 Å². The lowest BCUT2D eigenvalue weighted by Crippen LogP contribution is -2.49. The van der Waals surface area contributed by atoms with Crippen molar-refractivity contribution >= 4 is 18.3 Å². The molecule has 116 valence electrons. The minimum atomic E-state index is 0. The number of rotatable bonds is 2. The van der Waals surface area contributed by atoms with Crippen LogP contribution in [0.2, 0.25) is 0 Å². The monoisotopic (exact) mass is 308 g/mol. The summed E-state index contributed by atoms with van der Waals surface area (Å²) in [5.41, 5.74) is 1.37. The van der Waals surface area contributed by atoms with Gasteiger partial charge in [-0.05, 0) is 38.3 Å². The molecule has 0 aromatic heterocycles. The number of piperidine rings is 1. The Hall–Kier alpha value is -1.06. The normalized spacial score (nSPS) is 29.0. The summed E-state index contributed by atoms with van der Waals surface area (Å²) in [6.07, 6.45) is 4.46. The highest BCUT2D eigenvalue weighted by atomic mass is 35.5. The number of carbonyl (C=O) groups excluding carboxylic acids is 1. The van der Waals surface area contributed by atoms with Crippen LogP contribution in [0.25, 0.3) is 0 Å². The van der Waals surface area contributed by atoms with Crippen molar-refractivity contribution in [2.24, 2.45) is 0 Å². The first-order valence-electron chi connectivity index (χ1n) is 7.86. The van der Waals surface area contributed by atoms with E-state index in [1.165, 1.54) is 18.4 Å². The van der Waals surface area contributed by atoms with Gasteiger partial charge in [0.25, 0.3) is 0 Å². The quantitative estimate of drug-likeness (QED) is 0.911. The van der Waals surface area contributed by atoms with E-state index in [4.69, 9.17) is 0 Å². The highest BCUT2D eigenvalue weighted by molar-refractivity contribution is 5.85. The maximum atomic E-state index is 12.7. The molecule has 2 heterocycles. The second kappa shape index (κ2) is 7.28. The molecule has 2 aliphatic heterocycles. The lowest BCUT2D eigenvalue weighted by atomic mass is 9.92. The molecule has 3 nitrogen and oxygen atoms in total. The number of benzene rings is 1. The molecule has 1 amide bonds. The van der Waals surface area contributed by atoms with Crippen LogP contribution in [0.5, 0.6) is 0 Å². The van der Waals surface area contributed by atoms with Gasteiger partial charge in [-0.1, -0.05) is 36.8 Å². The van der Waals surface area contributed by atoms with Crippen molar-refractivity contribution in [2.75, 3.05) is 13.1 Å². The molecule has 2 aliphatic rings. The molecule has 0 saturated carbocycles. The Morgan fingerprint density at radius 3 is 2.62 bits per heavy atom. The number of amides is 1. The van der Waals surface area contributed by atoms with E-state index in [0.29, 0.717) is 17.9 Å². The Morgan fingerprint density at radius 1 is 1.19 bits per heavy atom. The van der Waals surface area contributed by atoms with Crippen LogP contribution in [0.3, 0.4) is 0 Å². The molecule has 0 aliphatic carbocycles. The molecule has 3 rings (SSSR count). The zero-order chi connectivity index (χ0) is 13.9. The zero-order valence-corrected chi connectivity index (χ0v) is 13.4. The second-order valence-electron chi connectivity index (χ2n) is 6.08. The number of carbonyl (C=O) groups is 1. The molecular weight excluding hydrogens is 284 g/mol. The minimum absolute atomic E-state index is 0. The fourth-order valence-electron chi connectivity index (χ4n) is 3.66. The van der Waals surface area contributed by atoms with Crippen molar-refractivity contribution in [3.63, 3.8) is 0 Å². The molecule has 3 unspecified atom stereocenters. The van der Waals surface area contributed by atoms with Gasteiger partial charge in [-0.2, -0.15) is 0 Å². The Labute approximate surface area is 133 Å². The molecule has 0 radical (unpaired) electrons. The molecule has 1 N–H and O–H groups in total. The predicted octanol–water partition coefficient (Wildman–Crippen LogP) is 2.95. The van der Waals surface area contributed by atoms with E-state index in [2.05, 4.69) is 47.5 Å². The van der Waals surface area contributed by atoms with Crippen LogP contribution >= 0.6 is 12.4 Å². The maximum Gasteiger partial charge on any atom is 0.239 e. The summed E-state index contributed by atoms with van der Waals surface area (Å²) < 4.78 is 0. The van der Waals surface area contributed by atoms with Crippen LogP contribution < -0.4 is 5.32 Å². The van der Waals surface area contributed by atoms with Crippen LogP contribution in [0.15, 0.2) is 30.3 Å². The zero-order valence-electron chi connectivity index (χ0n) is 12.6. The summed E-state index contributed by atoms with van der Waals surface area (Å²) in [6, 6.07) is 11.0. The van der Waals surface area contributed by atoms with E-state index in [0.717, 1.165) is 25.9 Å². The van der Waals surface area contributed by atoms with Crippen molar-refractivity contribution in [3.8, 4) is 0 Å². The molecule has 0 bridgehead atoms. The molecule has 1 aromatic carbocycles. The first kappa shape index (κ1) is 16.3. The Balaban J connectivity index is 0.00000161. The number of likely N-dealkylation sites (tertiary alicyclic amines) is 1. The van der Waals surface area contributed by atoms with Crippen LogP contribution in [0.4, 0.5) is 0 Å². The van der Waals surface area contributed by atoms with Gasteiger partial charge in [0, 0.05) is 18.5 Å². The van der Waals surface area contributed by atoms with Crippen LogP contribution in [0, 0.1) is 0 Å². The number of nitrogens with zero attached hydrogens (tertiary/aromatic N) is 1. The highest BCUT2D eigenvalue weighted by Crippen LogP contribution is 2.33. The van der Waals surface area contributed by atoms with Crippen molar-refractivity contribution < 1.29 is 4.79 Å². The van der Waals surface area contributed by atoms with Crippen LogP contribution in [0.1, 0.15) is 44.1 Å². The third-order valence-electron chi connectivity index (χ3n) is 4.87. The molecule has 21 heavy (non-hydrogen) atoms. The first-order valence-corrected chi connectivity index (χ1v) is 7.86. The van der Waals surface area contributed by atoms with Gasteiger partial charge in [0.1, 0.15) is 0 Å². The summed E-state index contributed by atoms with van der Waals surface area (Å²) >= 11 is 0. The van der Waals surface area contributed by atoms with E-state index in [1.807, 2.05) is 0 Å². The largest absolute Gasteiger partial charge is 0.338 e. The molecule has 2 saturated heterocycles. The Kier molecular flexibility index (Phi) is 5.65. The third kappa shape index (κ3) is 3.41. The van der Waals surface area contributed by atoms with Gasteiger partial charge in [-0.15, -0.1) is 12.4 Å². The first-order chi connectivity index (χ1) is 9.77. The fraction of sp³-hybridized carbons (Fsp3) is 0.588. The van der Waals surface area contributed by atoms with Crippen LogP contribution in [-0.4, -0.2) is 36.0 Å². The van der Waals surface area contributed by atoms with Gasteiger partial charge < -0.3 is 10.2 Å². The molecule has 0 spiro atoms. The topological polar surface area (TPSA) is 32.3 Å². The van der Waals surface area contributed by atoms with E-state index in [9.17, 15) is 4.79 Å². The van der Waals surface area contributed by atoms with Gasteiger partial charge in [0.05, 0.1) is 6.04 Å².